The number of alkyl carbamates (subject to hydrolysis) is 1. The molecule has 1 aliphatic heterocycles. The number of anilines is 2. The molecule has 0 spiro atoms. The van der Waals surface area contributed by atoms with E-state index < -0.39 is 6.09 Å². The van der Waals surface area contributed by atoms with Crippen LogP contribution in [0.4, 0.5) is 16.6 Å². The van der Waals surface area contributed by atoms with Crippen LogP contribution in [-0.4, -0.2) is 40.2 Å². The molecule has 0 unspecified atom stereocenters. The minimum atomic E-state index is -0.437. The summed E-state index contributed by atoms with van der Waals surface area (Å²) in [4.78, 5) is 28.0. The Kier molecular flexibility index (Phi) is 6.94. The molecular formula is C25H25ClN6O3. The van der Waals surface area contributed by atoms with Crippen molar-refractivity contribution in [3.63, 3.8) is 0 Å². The quantitative estimate of drug-likeness (QED) is 0.380. The van der Waals surface area contributed by atoms with Crippen molar-refractivity contribution in [1.29, 1.82) is 0 Å². The van der Waals surface area contributed by atoms with E-state index >= 15 is 0 Å². The van der Waals surface area contributed by atoms with Gasteiger partial charge in [-0.15, -0.1) is 0 Å². The van der Waals surface area contributed by atoms with Gasteiger partial charge in [0.1, 0.15) is 17.7 Å². The number of halogens is 1. The van der Waals surface area contributed by atoms with Gasteiger partial charge in [-0.25, -0.2) is 19.7 Å². The number of piperidine rings is 1. The largest absolute Gasteiger partial charge is 0.467 e. The van der Waals surface area contributed by atoms with E-state index in [1.54, 1.807) is 30.8 Å². The summed E-state index contributed by atoms with van der Waals surface area (Å²) in [5.41, 5.74) is 1.79. The summed E-state index contributed by atoms with van der Waals surface area (Å²) >= 11 is 6.24. The molecule has 4 heterocycles. The lowest BCUT2D eigenvalue weighted by Crippen LogP contribution is -2.40. The molecule has 0 bridgehead atoms. The Balaban J connectivity index is 1.18. The number of hydrogen-bond acceptors (Lipinski definition) is 8. The van der Waals surface area contributed by atoms with E-state index in [0.29, 0.717) is 42.7 Å². The number of furan rings is 1. The molecule has 0 radical (unpaired) electrons. The first-order valence-electron chi connectivity index (χ1n) is 11.5. The Labute approximate surface area is 207 Å². The highest BCUT2D eigenvalue weighted by Crippen LogP contribution is 2.27. The van der Waals surface area contributed by atoms with E-state index in [2.05, 4.69) is 30.5 Å². The van der Waals surface area contributed by atoms with Crippen molar-refractivity contribution in [2.24, 2.45) is 0 Å². The lowest BCUT2D eigenvalue weighted by atomic mass is 10.1. The molecule has 35 heavy (non-hydrogen) atoms. The van der Waals surface area contributed by atoms with Crippen LogP contribution in [0.15, 0.2) is 65.5 Å². The zero-order chi connectivity index (χ0) is 24.0. The fourth-order valence-electron chi connectivity index (χ4n) is 4.05. The van der Waals surface area contributed by atoms with E-state index in [1.807, 2.05) is 30.3 Å². The van der Waals surface area contributed by atoms with Gasteiger partial charge in [0, 0.05) is 49.9 Å². The maximum Gasteiger partial charge on any atom is 0.407 e. The van der Waals surface area contributed by atoms with E-state index in [0.717, 1.165) is 35.4 Å². The van der Waals surface area contributed by atoms with Crippen LogP contribution in [0.5, 0.6) is 0 Å². The van der Waals surface area contributed by atoms with Crippen molar-refractivity contribution in [2.45, 2.75) is 32.0 Å². The topological polar surface area (TPSA) is 105 Å². The molecule has 4 aromatic rings. The fourth-order valence-corrected chi connectivity index (χ4v) is 4.25. The molecule has 1 fully saturated rings. The zero-order valence-corrected chi connectivity index (χ0v) is 19.7. The number of nitrogens with one attached hydrogen (secondary N) is 2. The minimum Gasteiger partial charge on any atom is -0.467 e. The van der Waals surface area contributed by atoms with Crippen LogP contribution in [0, 0.1) is 0 Å². The number of amides is 1. The number of nitrogens with zero attached hydrogens (tertiary/aromatic N) is 4. The summed E-state index contributed by atoms with van der Waals surface area (Å²) in [6.45, 7) is 2.27. The van der Waals surface area contributed by atoms with Crippen molar-refractivity contribution in [1.82, 2.24) is 20.3 Å². The molecule has 10 heteroatoms. The van der Waals surface area contributed by atoms with Crippen LogP contribution >= 0.6 is 11.6 Å². The van der Waals surface area contributed by atoms with Gasteiger partial charge in [-0.05, 0) is 29.8 Å². The number of benzene rings is 1. The number of carbonyl (C=O) groups is 1. The van der Waals surface area contributed by atoms with E-state index in [-0.39, 0.29) is 6.10 Å². The van der Waals surface area contributed by atoms with Crippen LogP contribution in [-0.2, 0) is 17.8 Å². The molecule has 0 atom stereocenters. The van der Waals surface area contributed by atoms with Crippen LogP contribution in [0.3, 0.4) is 0 Å². The van der Waals surface area contributed by atoms with Gasteiger partial charge in [0.25, 0.3) is 0 Å². The number of carbonyl (C=O) groups excluding carboxylic acids is 1. The van der Waals surface area contributed by atoms with Crippen molar-refractivity contribution >= 4 is 40.4 Å². The van der Waals surface area contributed by atoms with E-state index in [9.17, 15) is 4.79 Å². The summed E-state index contributed by atoms with van der Waals surface area (Å²) in [7, 11) is 0. The summed E-state index contributed by atoms with van der Waals surface area (Å²) < 4.78 is 10.8. The number of pyridine rings is 1. The first-order chi connectivity index (χ1) is 17.2. The SMILES string of the molecule is O=C(NCc1ccco1)OC1CCN(c2nccc3nc(NCc4ccccc4Cl)ncc23)CC1. The maximum absolute atomic E-state index is 12.1. The third-order valence-corrected chi connectivity index (χ3v) is 6.25. The molecule has 180 valence electrons. The number of aromatic nitrogens is 3. The zero-order valence-electron chi connectivity index (χ0n) is 19.0. The van der Waals surface area contributed by atoms with E-state index in [4.69, 9.17) is 20.8 Å². The summed E-state index contributed by atoms with van der Waals surface area (Å²) in [5, 5.41) is 7.54. The van der Waals surface area contributed by atoms with Crippen LogP contribution in [0.1, 0.15) is 24.2 Å². The lowest BCUT2D eigenvalue weighted by Gasteiger charge is -2.32. The number of fused-ring (bicyclic) bond motifs is 1. The smallest absolute Gasteiger partial charge is 0.407 e. The fraction of sp³-hybridized carbons (Fsp3) is 0.280. The second-order valence-corrected chi connectivity index (χ2v) is 8.64. The third-order valence-electron chi connectivity index (χ3n) is 5.89. The molecular weight excluding hydrogens is 468 g/mol. The van der Waals surface area contributed by atoms with Gasteiger partial charge < -0.3 is 24.7 Å². The standard InChI is InChI=1S/C25H25ClN6O3/c26-21-6-2-1-4-17(21)14-28-24-29-16-20-22(31-24)7-10-27-23(20)32-11-8-18(9-12-32)35-25(33)30-15-19-5-3-13-34-19/h1-7,10,13,16,18H,8-9,11-12,14-15H2,(H,30,33)(H,28,29,31). The van der Waals surface area contributed by atoms with Gasteiger partial charge in [0.2, 0.25) is 5.95 Å². The van der Waals surface area contributed by atoms with Crippen molar-refractivity contribution in [3.05, 3.63) is 77.5 Å². The highest BCUT2D eigenvalue weighted by molar-refractivity contribution is 6.31. The normalized spacial score (nSPS) is 14.1. The van der Waals surface area contributed by atoms with Gasteiger partial charge in [0.15, 0.2) is 0 Å². The molecule has 1 aromatic carbocycles. The van der Waals surface area contributed by atoms with Crippen LogP contribution in [0.2, 0.25) is 5.02 Å². The maximum atomic E-state index is 12.1. The number of hydrogen-bond donors (Lipinski definition) is 2. The lowest BCUT2D eigenvalue weighted by molar-refractivity contribution is 0.0823. The van der Waals surface area contributed by atoms with Gasteiger partial charge in [-0.1, -0.05) is 29.8 Å². The molecule has 3 aromatic heterocycles. The average Bonchev–Trinajstić information content (AvgIpc) is 3.41. The molecule has 0 aliphatic carbocycles. The Hall–Kier alpha value is -3.85. The van der Waals surface area contributed by atoms with Crippen molar-refractivity contribution < 1.29 is 13.9 Å². The minimum absolute atomic E-state index is 0.144. The van der Waals surface area contributed by atoms with Gasteiger partial charge in [0.05, 0.1) is 23.7 Å². The Bertz CT molecular complexity index is 1290. The number of rotatable bonds is 7. The van der Waals surface area contributed by atoms with Crippen molar-refractivity contribution in [2.75, 3.05) is 23.3 Å². The molecule has 0 saturated carbocycles. The van der Waals surface area contributed by atoms with E-state index in [1.165, 1.54) is 0 Å². The average molecular weight is 493 g/mol. The second-order valence-electron chi connectivity index (χ2n) is 8.23. The summed E-state index contributed by atoms with van der Waals surface area (Å²) in [5.74, 6) is 2.05. The van der Waals surface area contributed by atoms with Gasteiger partial charge in [-0.2, -0.15) is 0 Å². The molecule has 5 rings (SSSR count). The summed E-state index contributed by atoms with van der Waals surface area (Å²) in [6.07, 6.45) is 5.97. The third kappa shape index (κ3) is 5.63. The molecule has 9 nitrogen and oxygen atoms in total. The van der Waals surface area contributed by atoms with Gasteiger partial charge in [-0.3, -0.25) is 0 Å². The molecule has 2 N–H and O–H groups in total. The number of ether oxygens (including phenoxy) is 1. The molecule has 1 amide bonds. The molecule has 1 aliphatic rings. The Morgan fingerprint density at radius 2 is 1.97 bits per heavy atom. The first-order valence-corrected chi connectivity index (χ1v) is 11.8. The van der Waals surface area contributed by atoms with Gasteiger partial charge >= 0.3 is 6.09 Å². The highest BCUT2D eigenvalue weighted by Gasteiger charge is 2.24. The second kappa shape index (κ2) is 10.6. The predicted molar refractivity (Wildman–Crippen MR) is 133 cm³/mol. The molecule has 1 saturated heterocycles. The highest BCUT2D eigenvalue weighted by atomic mass is 35.5. The monoisotopic (exact) mass is 492 g/mol. The summed E-state index contributed by atoms with van der Waals surface area (Å²) in [6, 6.07) is 13.1. The predicted octanol–water partition coefficient (Wildman–Crippen LogP) is 4.78. The van der Waals surface area contributed by atoms with Crippen LogP contribution in [0.25, 0.3) is 10.9 Å². The Morgan fingerprint density at radius 1 is 1.11 bits per heavy atom. The Morgan fingerprint density at radius 3 is 2.77 bits per heavy atom. The van der Waals surface area contributed by atoms with Crippen LogP contribution < -0.4 is 15.5 Å². The first kappa shape index (κ1) is 22.9. The van der Waals surface area contributed by atoms with Crippen molar-refractivity contribution in [3.8, 4) is 0 Å².